The maximum absolute atomic E-state index is 11.3. The van der Waals surface area contributed by atoms with Gasteiger partial charge in [-0.3, -0.25) is 4.79 Å². The van der Waals surface area contributed by atoms with Crippen molar-refractivity contribution < 1.29 is 19.4 Å². The summed E-state index contributed by atoms with van der Waals surface area (Å²) in [6, 6.07) is 0. The van der Waals surface area contributed by atoms with Gasteiger partial charge in [0.15, 0.2) is 0 Å². The number of carbonyl (C=O) groups excluding carboxylic acids is 2. The predicted molar refractivity (Wildman–Crippen MR) is 57.9 cm³/mol. The minimum Gasteiger partial charge on any atom is -0.388 e. The summed E-state index contributed by atoms with van der Waals surface area (Å²) in [6.45, 7) is 2.76. The third-order valence-electron chi connectivity index (χ3n) is 2.74. The molecule has 0 spiro atoms. The number of nitrogens with one attached hydrogen (secondary N) is 1. The zero-order valence-electron chi connectivity index (χ0n) is 9.62. The molecule has 16 heavy (non-hydrogen) atoms. The Morgan fingerprint density at radius 1 is 1.31 bits per heavy atom. The lowest BCUT2D eigenvalue weighted by atomic mass is 9.94. The van der Waals surface area contributed by atoms with Crippen molar-refractivity contribution in [1.29, 1.82) is 0 Å². The van der Waals surface area contributed by atoms with Gasteiger partial charge < -0.3 is 20.0 Å². The highest BCUT2D eigenvalue weighted by Crippen LogP contribution is 2.19. The molecule has 5 nitrogen and oxygen atoms in total. The van der Waals surface area contributed by atoms with E-state index >= 15 is 0 Å². The smallest absolute Gasteiger partial charge is 0.220 e. The zero-order valence-corrected chi connectivity index (χ0v) is 9.62. The normalized spacial score (nSPS) is 19.1. The molecule has 2 N–H and O–H groups in total. The summed E-state index contributed by atoms with van der Waals surface area (Å²) in [5.74, 6) is -0.185. The van der Waals surface area contributed by atoms with Crippen LogP contribution in [0.4, 0.5) is 0 Å². The summed E-state index contributed by atoms with van der Waals surface area (Å²) in [4.78, 5) is 22.0. The molecule has 1 aliphatic heterocycles. The first-order valence-corrected chi connectivity index (χ1v) is 5.58. The number of hydrogen-bond donors (Lipinski definition) is 2. The molecule has 0 aromatic heterocycles. The quantitative estimate of drug-likeness (QED) is 0.696. The molecular weight excluding hydrogens is 210 g/mol. The Hall–Kier alpha value is -0.940. The highest BCUT2D eigenvalue weighted by molar-refractivity contribution is 5.83. The predicted octanol–water partition coefficient (Wildman–Crippen LogP) is 0.0133. The first kappa shape index (κ1) is 13.1. The molecule has 1 amide bonds. The van der Waals surface area contributed by atoms with Crippen molar-refractivity contribution in [3.63, 3.8) is 0 Å². The fourth-order valence-corrected chi connectivity index (χ4v) is 1.57. The summed E-state index contributed by atoms with van der Waals surface area (Å²) in [7, 11) is 0. The highest BCUT2D eigenvalue weighted by Gasteiger charge is 2.29. The van der Waals surface area contributed by atoms with Gasteiger partial charge >= 0.3 is 0 Å². The SMILES string of the molecule is CC(=O)CCC(=O)NCC1(O)CCOCC1. The van der Waals surface area contributed by atoms with Crippen molar-refractivity contribution in [1.82, 2.24) is 5.32 Å². The highest BCUT2D eigenvalue weighted by atomic mass is 16.5. The average Bonchev–Trinajstić information content (AvgIpc) is 2.25. The number of hydrogen-bond acceptors (Lipinski definition) is 4. The van der Waals surface area contributed by atoms with E-state index in [0.29, 0.717) is 26.1 Å². The maximum atomic E-state index is 11.3. The van der Waals surface area contributed by atoms with Gasteiger partial charge in [-0.05, 0) is 6.92 Å². The third kappa shape index (κ3) is 4.72. The Kier molecular flexibility index (Phi) is 4.89. The van der Waals surface area contributed by atoms with E-state index in [1.54, 1.807) is 0 Å². The minimum atomic E-state index is -0.843. The Labute approximate surface area is 95.2 Å². The topological polar surface area (TPSA) is 75.6 Å². The molecule has 0 bridgehead atoms. The minimum absolute atomic E-state index is 0.0000666. The number of Topliss-reactive ketones (excluding diaryl/α,β-unsaturated/α-hetero) is 1. The Morgan fingerprint density at radius 2 is 1.94 bits per heavy atom. The van der Waals surface area contributed by atoms with Gasteiger partial charge in [0.25, 0.3) is 0 Å². The summed E-state index contributed by atoms with van der Waals surface area (Å²) in [6.07, 6.45) is 1.54. The lowest BCUT2D eigenvalue weighted by molar-refractivity contribution is -0.126. The van der Waals surface area contributed by atoms with Crippen LogP contribution in [0.1, 0.15) is 32.6 Å². The van der Waals surface area contributed by atoms with Gasteiger partial charge in [0.1, 0.15) is 5.78 Å². The number of amides is 1. The lowest BCUT2D eigenvalue weighted by Crippen LogP contribution is -2.46. The number of ether oxygens (including phenoxy) is 1. The Bertz CT molecular complexity index is 259. The zero-order chi connectivity index (χ0) is 12.0. The molecule has 0 unspecified atom stereocenters. The number of carbonyl (C=O) groups is 2. The molecule has 0 saturated carbocycles. The second-order valence-electron chi connectivity index (χ2n) is 4.32. The summed E-state index contributed by atoms with van der Waals surface area (Å²) in [5.41, 5.74) is -0.843. The standard InChI is InChI=1S/C11H19NO4/c1-9(13)2-3-10(14)12-8-11(15)4-6-16-7-5-11/h15H,2-8H2,1H3,(H,12,14). The van der Waals surface area contributed by atoms with E-state index < -0.39 is 5.60 Å². The van der Waals surface area contributed by atoms with Crippen LogP contribution in [0.3, 0.4) is 0 Å². The van der Waals surface area contributed by atoms with Gasteiger partial charge in [-0.25, -0.2) is 0 Å². The van der Waals surface area contributed by atoms with E-state index in [9.17, 15) is 14.7 Å². The van der Waals surface area contributed by atoms with Crippen LogP contribution in [0, 0.1) is 0 Å². The average molecular weight is 229 g/mol. The fourth-order valence-electron chi connectivity index (χ4n) is 1.57. The molecule has 1 fully saturated rings. The monoisotopic (exact) mass is 229 g/mol. The molecule has 0 radical (unpaired) electrons. The first-order valence-electron chi connectivity index (χ1n) is 5.58. The van der Waals surface area contributed by atoms with Gasteiger partial charge in [-0.2, -0.15) is 0 Å². The molecule has 0 atom stereocenters. The molecule has 0 aromatic carbocycles. The van der Waals surface area contributed by atoms with Gasteiger partial charge in [-0.15, -0.1) is 0 Å². The Balaban J connectivity index is 2.22. The van der Waals surface area contributed by atoms with E-state index in [1.807, 2.05) is 0 Å². The summed E-state index contributed by atoms with van der Waals surface area (Å²) in [5, 5.41) is 12.7. The maximum Gasteiger partial charge on any atom is 0.220 e. The van der Waals surface area contributed by atoms with Gasteiger partial charge in [0.2, 0.25) is 5.91 Å². The number of ketones is 1. The third-order valence-corrected chi connectivity index (χ3v) is 2.74. The molecular formula is C11H19NO4. The van der Waals surface area contributed by atoms with E-state index in [-0.39, 0.29) is 31.1 Å². The van der Waals surface area contributed by atoms with Crippen molar-refractivity contribution in [2.75, 3.05) is 19.8 Å². The number of aliphatic hydroxyl groups is 1. The van der Waals surface area contributed by atoms with Gasteiger partial charge in [-0.1, -0.05) is 0 Å². The van der Waals surface area contributed by atoms with Crippen LogP contribution in [0.5, 0.6) is 0 Å². The van der Waals surface area contributed by atoms with E-state index in [0.717, 1.165) is 0 Å². The van der Waals surface area contributed by atoms with E-state index in [4.69, 9.17) is 4.74 Å². The van der Waals surface area contributed by atoms with Crippen molar-refractivity contribution in [3.8, 4) is 0 Å². The van der Waals surface area contributed by atoms with Crippen molar-refractivity contribution >= 4 is 11.7 Å². The molecule has 1 heterocycles. The van der Waals surface area contributed by atoms with Gasteiger partial charge in [0, 0.05) is 45.4 Å². The van der Waals surface area contributed by atoms with Crippen LogP contribution < -0.4 is 5.32 Å². The van der Waals surface area contributed by atoms with Crippen molar-refractivity contribution in [3.05, 3.63) is 0 Å². The van der Waals surface area contributed by atoms with Crippen LogP contribution in [-0.4, -0.2) is 42.2 Å². The molecule has 0 aliphatic carbocycles. The molecule has 1 aliphatic rings. The molecule has 1 saturated heterocycles. The molecule has 92 valence electrons. The van der Waals surface area contributed by atoms with Crippen LogP contribution in [-0.2, 0) is 14.3 Å². The van der Waals surface area contributed by atoms with Crippen LogP contribution in [0.2, 0.25) is 0 Å². The summed E-state index contributed by atoms with van der Waals surface area (Å²) < 4.78 is 5.13. The van der Waals surface area contributed by atoms with Gasteiger partial charge in [0.05, 0.1) is 5.60 Å². The second-order valence-corrected chi connectivity index (χ2v) is 4.32. The largest absolute Gasteiger partial charge is 0.388 e. The fraction of sp³-hybridized carbons (Fsp3) is 0.818. The first-order chi connectivity index (χ1) is 7.52. The Morgan fingerprint density at radius 3 is 2.50 bits per heavy atom. The molecule has 5 heteroatoms. The van der Waals surface area contributed by atoms with Crippen molar-refractivity contribution in [2.45, 2.75) is 38.2 Å². The molecule has 0 aromatic rings. The van der Waals surface area contributed by atoms with Crippen LogP contribution >= 0.6 is 0 Å². The van der Waals surface area contributed by atoms with Crippen LogP contribution in [0.15, 0.2) is 0 Å². The lowest BCUT2D eigenvalue weighted by Gasteiger charge is -2.32. The summed E-state index contributed by atoms with van der Waals surface area (Å²) >= 11 is 0. The number of rotatable bonds is 5. The van der Waals surface area contributed by atoms with Crippen LogP contribution in [0.25, 0.3) is 0 Å². The van der Waals surface area contributed by atoms with Crippen molar-refractivity contribution in [2.24, 2.45) is 0 Å². The molecule has 1 rings (SSSR count). The van der Waals surface area contributed by atoms with E-state index in [1.165, 1.54) is 6.92 Å². The van der Waals surface area contributed by atoms with E-state index in [2.05, 4.69) is 5.32 Å². The second kappa shape index (κ2) is 5.96.